The molecule has 2 fully saturated rings. The lowest BCUT2D eigenvalue weighted by Crippen LogP contribution is -2.51. The molecule has 0 radical (unpaired) electrons. The van der Waals surface area contributed by atoms with Gasteiger partial charge in [-0.25, -0.2) is 0 Å². The zero-order chi connectivity index (χ0) is 12.4. The maximum absolute atomic E-state index is 12.1. The summed E-state index contributed by atoms with van der Waals surface area (Å²) in [6.07, 6.45) is 0.151. The average molecular weight is 258 g/mol. The third-order valence-corrected chi connectivity index (χ3v) is 3.84. The van der Waals surface area contributed by atoms with E-state index >= 15 is 0 Å². The molecule has 2 saturated heterocycles. The minimum absolute atomic E-state index is 0.0210. The maximum Gasteiger partial charge on any atom is 0.282 e. The van der Waals surface area contributed by atoms with Gasteiger partial charge < -0.3 is 14.5 Å². The number of morpholine rings is 1. The number of carbonyl (C=O) groups excluding carboxylic acids is 2. The van der Waals surface area contributed by atoms with Crippen LogP contribution >= 0.6 is 11.8 Å². The summed E-state index contributed by atoms with van der Waals surface area (Å²) in [5.74, 6) is 0.824. The van der Waals surface area contributed by atoms with Crippen LogP contribution in [0.2, 0.25) is 0 Å². The van der Waals surface area contributed by atoms with Crippen molar-refractivity contribution >= 4 is 22.9 Å². The van der Waals surface area contributed by atoms with E-state index in [-0.39, 0.29) is 29.9 Å². The van der Waals surface area contributed by atoms with Crippen LogP contribution in [0, 0.1) is 0 Å². The van der Waals surface area contributed by atoms with Crippen LogP contribution in [0.4, 0.5) is 4.79 Å². The number of hydrogen-bond donors (Lipinski definition) is 0. The van der Waals surface area contributed by atoms with E-state index in [9.17, 15) is 9.59 Å². The van der Waals surface area contributed by atoms with Gasteiger partial charge in [0.25, 0.3) is 5.24 Å². The molecule has 0 aromatic carbocycles. The molecule has 96 valence electrons. The summed E-state index contributed by atoms with van der Waals surface area (Å²) in [5, 5.41) is 0.0210. The molecule has 2 aliphatic rings. The first kappa shape index (κ1) is 12.7. The lowest BCUT2D eigenvalue weighted by molar-refractivity contribution is -0.143. The monoisotopic (exact) mass is 258 g/mol. The lowest BCUT2D eigenvalue weighted by atomic mass is 10.2. The van der Waals surface area contributed by atoms with Crippen molar-refractivity contribution in [1.29, 1.82) is 0 Å². The van der Waals surface area contributed by atoms with Gasteiger partial charge in [-0.3, -0.25) is 9.59 Å². The lowest BCUT2D eigenvalue weighted by Gasteiger charge is -2.36. The molecular weight excluding hydrogens is 240 g/mol. The molecular formula is C11H18N2O3S. The molecule has 2 atom stereocenters. The Bertz CT molecular complexity index is 314. The fourth-order valence-corrected chi connectivity index (χ4v) is 3.04. The van der Waals surface area contributed by atoms with Crippen molar-refractivity contribution in [3.63, 3.8) is 0 Å². The molecule has 2 aliphatic heterocycles. The van der Waals surface area contributed by atoms with Gasteiger partial charge in [0.1, 0.15) is 6.54 Å². The molecule has 5 nitrogen and oxygen atoms in total. The zero-order valence-electron chi connectivity index (χ0n) is 10.2. The second kappa shape index (κ2) is 5.27. The van der Waals surface area contributed by atoms with Crippen LogP contribution in [0.5, 0.6) is 0 Å². The van der Waals surface area contributed by atoms with E-state index in [1.54, 1.807) is 9.80 Å². The number of hydrogen-bond acceptors (Lipinski definition) is 4. The SMILES string of the molecule is C[C@H]1CN(C(=O)CN2CCSC2=O)C[C@H](C)O1. The minimum atomic E-state index is 0.0210. The molecule has 0 bridgehead atoms. The van der Waals surface area contributed by atoms with Crippen molar-refractivity contribution < 1.29 is 14.3 Å². The van der Waals surface area contributed by atoms with Crippen molar-refractivity contribution in [1.82, 2.24) is 9.80 Å². The highest BCUT2D eigenvalue weighted by molar-refractivity contribution is 8.13. The van der Waals surface area contributed by atoms with Crippen LogP contribution in [0.3, 0.4) is 0 Å². The van der Waals surface area contributed by atoms with Gasteiger partial charge in [-0.2, -0.15) is 0 Å². The topological polar surface area (TPSA) is 49.9 Å². The molecule has 0 N–H and O–H groups in total. The second-order valence-electron chi connectivity index (χ2n) is 4.59. The average Bonchev–Trinajstić information content (AvgIpc) is 2.63. The first-order valence-electron chi connectivity index (χ1n) is 5.91. The van der Waals surface area contributed by atoms with Crippen LogP contribution in [0.15, 0.2) is 0 Å². The van der Waals surface area contributed by atoms with Gasteiger partial charge in [0, 0.05) is 25.4 Å². The summed E-state index contributed by atoms with van der Waals surface area (Å²) in [4.78, 5) is 26.9. The number of rotatable bonds is 2. The minimum Gasteiger partial charge on any atom is -0.372 e. The Morgan fingerprint density at radius 2 is 2.06 bits per heavy atom. The summed E-state index contributed by atoms with van der Waals surface area (Å²) >= 11 is 1.29. The molecule has 0 spiro atoms. The number of thioether (sulfide) groups is 1. The van der Waals surface area contributed by atoms with Gasteiger partial charge in [0.15, 0.2) is 0 Å². The predicted octanol–water partition coefficient (Wildman–Crippen LogP) is 0.791. The fraction of sp³-hybridized carbons (Fsp3) is 0.818. The maximum atomic E-state index is 12.1. The van der Waals surface area contributed by atoms with Crippen LogP contribution in [0.25, 0.3) is 0 Å². The summed E-state index contributed by atoms with van der Waals surface area (Å²) in [7, 11) is 0. The number of carbonyl (C=O) groups is 2. The van der Waals surface area contributed by atoms with Crippen molar-refractivity contribution in [2.24, 2.45) is 0 Å². The van der Waals surface area contributed by atoms with Crippen LogP contribution in [-0.2, 0) is 9.53 Å². The third-order valence-electron chi connectivity index (χ3n) is 2.94. The summed E-state index contributed by atoms with van der Waals surface area (Å²) in [6, 6.07) is 0. The number of ether oxygens (including phenoxy) is 1. The Hall–Kier alpha value is -0.750. The van der Waals surface area contributed by atoms with Gasteiger partial charge in [-0.1, -0.05) is 11.8 Å². The van der Waals surface area contributed by atoms with E-state index in [1.165, 1.54) is 11.8 Å². The summed E-state index contributed by atoms with van der Waals surface area (Å²) in [6.45, 7) is 6.08. The van der Waals surface area contributed by atoms with Crippen molar-refractivity contribution in [3.8, 4) is 0 Å². The fourth-order valence-electron chi connectivity index (χ4n) is 2.21. The van der Waals surface area contributed by atoms with Gasteiger partial charge in [-0.05, 0) is 13.8 Å². The van der Waals surface area contributed by atoms with E-state index in [0.29, 0.717) is 19.6 Å². The standard InChI is InChI=1S/C11H18N2O3S/c1-8-5-13(6-9(2)16-8)10(14)7-12-3-4-17-11(12)15/h8-9H,3-7H2,1-2H3/t8-,9-/m0/s1. The quantitative estimate of drug-likeness (QED) is 0.735. The molecule has 2 rings (SSSR count). The highest BCUT2D eigenvalue weighted by atomic mass is 32.2. The Labute approximate surface area is 105 Å². The first-order chi connectivity index (χ1) is 8.06. The van der Waals surface area contributed by atoms with Gasteiger partial charge in [-0.15, -0.1) is 0 Å². The number of amides is 2. The number of nitrogens with zero attached hydrogens (tertiary/aromatic N) is 2. The van der Waals surface area contributed by atoms with Gasteiger partial charge in [0.05, 0.1) is 12.2 Å². The highest BCUT2D eigenvalue weighted by Crippen LogP contribution is 2.18. The Morgan fingerprint density at radius 3 is 2.59 bits per heavy atom. The molecule has 17 heavy (non-hydrogen) atoms. The molecule has 2 heterocycles. The molecule has 6 heteroatoms. The first-order valence-corrected chi connectivity index (χ1v) is 6.89. The largest absolute Gasteiger partial charge is 0.372 e. The highest BCUT2D eigenvalue weighted by Gasteiger charge is 2.29. The molecule has 0 aromatic rings. The molecule has 0 aliphatic carbocycles. The third kappa shape index (κ3) is 3.13. The Morgan fingerprint density at radius 1 is 1.41 bits per heavy atom. The van der Waals surface area contributed by atoms with Crippen molar-refractivity contribution in [3.05, 3.63) is 0 Å². The summed E-state index contributed by atoms with van der Waals surface area (Å²) < 4.78 is 5.58. The summed E-state index contributed by atoms with van der Waals surface area (Å²) in [5.41, 5.74) is 0. The normalized spacial score (nSPS) is 29.9. The van der Waals surface area contributed by atoms with Crippen molar-refractivity contribution in [2.45, 2.75) is 26.1 Å². The van der Waals surface area contributed by atoms with Gasteiger partial charge in [0.2, 0.25) is 5.91 Å². The van der Waals surface area contributed by atoms with Crippen LogP contribution in [-0.4, -0.2) is 65.1 Å². The van der Waals surface area contributed by atoms with E-state index < -0.39 is 0 Å². The Kier molecular flexibility index (Phi) is 3.93. The zero-order valence-corrected chi connectivity index (χ0v) is 11.0. The molecule has 0 aromatic heterocycles. The molecule has 0 unspecified atom stereocenters. The van der Waals surface area contributed by atoms with E-state index in [1.807, 2.05) is 13.8 Å². The van der Waals surface area contributed by atoms with Gasteiger partial charge >= 0.3 is 0 Å². The smallest absolute Gasteiger partial charge is 0.282 e. The molecule has 2 amide bonds. The predicted molar refractivity (Wildman–Crippen MR) is 66.0 cm³/mol. The Balaban J connectivity index is 1.88. The second-order valence-corrected chi connectivity index (χ2v) is 5.64. The van der Waals surface area contributed by atoms with E-state index in [2.05, 4.69) is 0 Å². The van der Waals surface area contributed by atoms with E-state index in [0.717, 1.165) is 5.75 Å². The molecule has 0 saturated carbocycles. The van der Waals surface area contributed by atoms with E-state index in [4.69, 9.17) is 4.74 Å². The van der Waals surface area contributed by atoms with Crippen LogP contribution in [0.1, 0.15) is 13.8 Å². The van der Waals surface area contributed by atoms with Crippen LogP contribution < -0.4 is 0 Å². The van der Waals surface area contributed by atoms with Crippen molar-refractivity contribution in [2.75, 3.05) is 31.9 Å².